The number of hydrogen-bond acceptors (Lipinski definition) is 5. The lowest BCUT2D eigenvalue weighted by Gasteiger charge is -2.11. The Morgan fingerprint density at radius 2 is 1.36 bits per heavy atom. The molecule has 1 heterocycles. The number of carbonyl (C=O) groups is 1. The summed E-state index contributed by atoms with van der Waals surface area (Å²) >= 11 is 0. The van der Waals surface area contributed by atoms with Gasteiger partial charge in [0.05, 0.1) is 33.0 Å². The molecule has 172 valence electrons. The quantitative estimate of drug-likeness (QED) is 0.320. The average molecular weight is 450 g/mol. The van der Waals surface area contributed by atoms with Crippen molar-refractivity contribution in [3.05, 3.63) is 60.7 Å². The van der Waals surface area contributed by atoms with E-state index in [2.05, 4.69) is 0 Å². The van der Waals surface area contributed by atoms with Crippen molar-refractivity contribution < 1.29 is 28.8 Å². The topological polar surface area (TPSA) is 79.2 Å². The summed E-state index contributed by atoms with van der Waals surface area (Å²) in [5.41, 5.74) is 1.75. The number of aliphatic carboxylic acids is 1. The number of nitrogens with zero attached hydrogens (tertiary/aromatic N) is 1. The molecule has 7 heteroatoms. The van der Waals surface area contributed by atoms with Crippen molar-refractivity contribution in [3.63, 3.8) is 0 Å². The fourth-order valence-electron chi connectivity index (χ4n) is 3.87. The molecule has 0 aliphatic carbocycles. The number of para-hydroxylation sites is 1. The zero-order valence-electron chi connectivity index (χ0n) is 18.7. The Morgan fingerprint density at radius 3 is 2.03 bits per heavy atom. The van der Waals surface area contributed by atoms with Crippen LogP contribution in [0.1, 0.15) is 12.8 Å². The summed E-state index contributed by atoms with van der Waals surface area (Å²) in [5, 5.41) is 11.4. The Bertz CT molecular complexity index is 1240. The maximum atomic E-state index is 11.4. The number of hydrogen-bond donors (Lipinski definition) is 1. The minimum atomic E-state index is -0.877. The molecular formula is C26H27NO6. The molecule has 4 rings (SSSR count). The van der Waals surface area contributed by atoms with Gasteiger partial charge in [-0.2, -0.15) is 0 Å². The van der Waals surface area contributed by atoms with Crippen molar-refractivity contribution in [2.24, 2.45) is 0 Å². The Kier molecular flexibility index (Phi) is 6.88. The number of unbranched alkanes of at least 4 members (excludes halogenated alkanes) is 1. The predicted molar refractivity (Wildman–Crippen MR) is 127 cm³/mol. The van der Waals surface area contributed by atoms with Gasteiger partial charge in [-0.25, -0.2) is 0 Å². The number of fused-ring (bicyclic) bond motifs is 3. The third-order valence-electron chi connectivity index (χ3n) is 5.44. The normalized spacial score (nSPS) is 11.0. The highest BCUT2D eigenvalue weighted by molar-refractivity contribution is 6.08. The van der Waals surface area contributed by atoms with Gasteiger partial charge in [-0.3, -0.25) is 4.79 Å². The molecule has 0 aliphatic rings. The van der Waals surface area contributed by atoms with Gasteiger partial charge >= 0.3 is 5.97 Å². The lowest BCUT2D eigenvalue weighted by molar-refractivity contribution is -0.137. The van der Waals surface area contributed by atoms with Gasteiger partial charge in [0.2, 0.25) is 0 Å². The molecule has 7 nitrogen and oxygen atoms in total. The Morgan fingerprint density at radius 1 is 0.758 bits per heavy atom. The molecule has 1 N–H and O–H groups in total. The Labute approximate surface area is 192 Å². The Hall–Kier alpha value is -3.87. The summed E-state index contributed by atoms with van der Waals surface area (Å²) in [6.07, 6.45) is 1.64. The van der Waals surface area contributed by atoms with Crippen LogP contribution in [0, 0.1) is 0 Å². The van der Waals surface area contributed by atoms with Crippen molar-refractivity contribution in [1.29, 1.82) is 0 Å². The average Bonchev–Trinajstić information content (AvgIpc) is 3.13. The fraction of sp³-hybridized carbons (Fsp3) is 0.269. The van der Waals surface area contributed by atoms with Crippen LogP contribution in [0.2, 0.25) is 0 Å². The second-order valence-corrected chi connectivity index (χ2v) is 7.63. The molecule has 33 heavy (non-hydrogen) atoms. The zero-order chi connectivity index (χ0) is 23.2. The van der Waals surface area contributed by atoms with E-state index in [0.717, 1.165) is 40.4 Å². The highest BCUT2D eigenvalue weighted by atomic mass is 16.5. The van der Waals surface area contributed by atoms with Crippen molar-refractivity contribution in [2.75, 3.05) is 27.4 Å². The van der Waals surface area contributed by atoms with E-state index in [-0.39, 0.29) is 6.54 Å². The van der Waals surface area contributed by atoms with E-state index >= 15 is 0 Å². The van der Waals surface area contributed by atoms with Crippen LogP contribution in [0.15, 0.2) is 60.7 Å². The van der Waals surface area contributed by atoms with E-state index in [9.17, 15) is 9.90 Å². The standard InChI is InChI=1S/C26H27NO6/c1-30-19-13-20(31-2)15-21(14-19)33-12-6-5-11-32-18-9-10-23-22-7-3-4-8-24(22)27(17-26(28)29)25(23)16-18/h3-4,7-10,13-16H,5-6,11-12,17H2,1-2H3,(H,28,29). The van der Waals surface area contributed by atoms with Crippen LogP contribution in [-0.4, -0.2) is 43.1 Å². The van der Waals surface area contributed by atoms with E-state index in [1.165, 1.54) is 0 Å². The molecule has 0 bridgehead atoms. The molecule has 0 saturated heterocycles. The summed E-state index contributed by atoms with van der Waals surface area (Å²) in [7, 11) is 3.21. The van der Waals surface area contributed by atoms with E-state index < -0.39 is 5.97 Å². The summed E-state index contributed by atoms with van der Waals surface area (Å²) in [5.74, 6) is 1.91. The van der Waals surface area contributed by atoms with Gasteiger partial charge < -0.3 is 28.6 Å². The molecule has 1 aromatic heterocycles. The van der Waals surface area contributed by atoms with E-state index in [0.29, 0.717) is 30.5 Å². The van der Waals surface area contributed by atoms with E-state index in [4.69, 9.17) is 18.9 Å². The first-order valence-electron chi connectivity index (χ1n) is 10.8. The third-order valence-corrected chi connectivity index (χ3v) is 5.44. The summed E-state index contributed by atoms with van der Waals surface area (Å²) in [6, 6.07) is 19.1. The maximum absolute atomic E-state index is 11.4. The van der Waals surface area contributed by atoms with Crippen LogP contribution >= 0.6 is 0 Å². The molecule has 0 radical (unpaired) electrons. The lowest BCUT2D eigenvalue weighted by atomic mass is 10.1. The molecule has 4 aromatic rings. The van der Waals surface area contributed by atoms with Crippen LogP contribution in [-0.2, 0) is 11.3 Å². The van der Waals surface area contributed by atoms with Gasteiger partial charge in [-0.05, 0) is 31.0 Å². The molecule has 0 spiro atoms. The number of methoxy groups -OCH3 is 2. The summed E-state index contributed by atoms with van der Waals surface area (Å²) in [6.45, 7) is 0.987. The van der Waals surface area contributed by atoms with E-state index in [1.54, 1.807) is 20.3 Å². The second-order valence-electron chi connectivity index (χ2n) is 7.63. The molecule has 0 amide bonds. The molecule has 0 aliphatic heterocycles. The Balaban J connectivity index is 1.35. The SMILES string of the molecule is COc1cc(OC)cc(OCCCCOc2ccc3c4ccccc4n(CC(=O)O)c3c2)c1. The largest absolute Gasteiger partial charge is 0.496 e. The number of carboxylic acids is 1. The fourth-order valence-corrected chi connectivity index (χ4v) is 3.87. The smallest absolute Gasteiger partial charge is 0.323 e. The van der Waals surface area contributed by atoms with Crippen molar-refractivity contribution in [1.82, 2.24) is 4.57 Å². The molecule has 0 unspecified atom stereocenters. The van der Waals surface area contributed by atoms with Gasteiger partial charge in [0.1, 0.15) is 29.5 Å². The molecular weight excluding hydrogens is 422 g/mol. The predicted octanol–water partition coefficient (Wildman–Crippen LogP) is 5.13. The van der Waals surface area contributed by atoms with Crippen molar-refractivity contribution in [3.8, 4) is 23.0 Å². The maximum Gasteiger partial charge on any atom is 0.323 e. The number of benzene rings is 3. The van der Waals surface area contributed by atoms with Gasteiger partial charge in [-0.15, -0.1) is 0 Å². The minimum Gasteiger partial charge on any atom is -0.496 e. The lowest BCUT2D eigenvalue weighted by Crippen LogP contribution is -2.08. The van der Waals surface area contributed by atoms with Crippen LogP contribution in [0.3, 0.4) is 0 Å². The van der Waals surface area contributed by atoms with Crippen molar-refractivity contribution >= 4 is 27.8 Å². The van der Waals surface area contributed by atoms with Gasteiger partial charge in [-0.1, -0.05) is 18.2 Å². The molecule has 0 fully saturated rings. The first kappa shape index (κ1) is 22.3. The summed E-state index contributed by atoms with van der Waals surface area (Å²) < 4.78 is 24.1. The van der Waals surface area contributed by atoms with Crippen molar-refractivity contribution in [2.45, 2.75) is 19.4 Å². The molecule has 0 saturated carbocycles. The van der Waals surface area contributed by atoms with Crippen LogP contribution < -0.4 is 18.9 Å². The number of ether oxygens (including phenoxy) is 4. The number of rotatable bonds is 11. The minimum absolute atomic E-state index is 0.0974. The highest BCUT2D eigenvalue weighted by Gasteiger charge is 2.13. The monoisotopic (exact) mass is 449 g/mol. The molecule has 0 atom stereocenters. The summed E-state index contributed by atoms with van der Waals surface area (Å²) in [4.78, 5) is 11.4. The van der Waals surface area contributed by atoms with Gasteiger partial charge in [0.25, 0.3) is 0 Å². The van der Waals surface area contributed by atoms with Crippen LogP contribution in [0.4, 0.5) is 0 Å². The molecule has 3 aromatic carbocycles. The van der Waals surface area contributed by atoms with Gasteiger partial charge in [0, 0.05) is 40.6 Å². The van der Waals surface area contributed by atoms with Gasteiger partial charge in [0.15, 0.2) is 0 Å². The third kappa shape index (κ3) is 5.14. The first-order valence-corrected chi connectivity index (χ1v) is 10.8. The first-order chi connectivity index (χ1) is 16.1. The van der Waals surface area contributed by atoms with Crippen LogP contribution in [0.5, 0.6) is 23.0 Å². The van der Waals surface area contributed by atoms with Crippen LogP contribution in [0.25, 0.3) is 21.8 Å². The highest BCUT2D eigenvalue weighted by Crippen LogP contribution is 2.32. The number of aromatic nitrogens is 1. The zero-order valence-corrected chi connectivity index (χ0v) is 18.7. The number of carboxylic acid groups (broad SMARTS) is 1. The van der Waals surface area contributed by atoms with E-state index in [1.807, 2.05) is 59.2 Å². The second kappa shape index (κ2) is 10.2.